The highest BCUT2D eigenvalue weighted by Crippen LogP contribution is 2.27. The highest BCUT2D eigenvalue weighted by atomic mass is 35.5. The number of ether oxygens (including phenoxy) is 1. The molecule has 0 radical (unpaired) electrons. The molecule has 27 heavy (non-hydrogen) atoms. The molecule has 3 rings (SSSR count). The lowest BCUT2D eigenvalue weighted by molar-refractivity contribution is 0.0927. The summed E-state index contributed by atoms with van der Waals surface area (Å²) in [5.41, 5.74) is 1.15. The van der Waals surface area contributed by atoms with Gasteiger partial charge in [-0.15, -0.1) is 5.10 Å². The molecule has 1 N–H and O–H groups in total. The first-order valence-electron chi connectivity index (χ1n) is 7.95. The van der Waals surface area contributed by atoms with E-state index < -0.39 is 5.91 Å². The number of hydrogen-bond acceptors (Lipinski definition) is 4. The van der Waals surface area contributed by atoms with Crippen molar-refractivity contribution in [3.8, 4) is 17.1 Å². The Labute approximate surface area is 164 Å². The minimum Gasteiger partial charge on any atom is -0.383 e. The van der Waals surface area contributed by atoms with E-state index in [0.29, 0.717) is 40.3 Å². The molecule has 0 saturated heterocycles. The van der Waals surface area contributed by atoms with E-state index in [0.717, 1.165) is 0 Å². The standard InChI is InChI=1S/C18H15Cl2FN4O2/c1-27-9-8-22-18(26)16-23-17(11-2-4-12(21)5-3-11)25(24-16)13-6-7-14(19)15(20)10-13/h2-7,10H,8-9H2,1H3,(H,22,26). The number of amides is 1. The van der Waals surface area contributed by atoms with Gasteiger partial charge in [-0.2, -0.15) is 0 Å². The largest absolute Gasteiger partial charge is 0.383 e. The summed E-state index contributed by atoms with van der Waals surface area (Å²) >= 11 is 12.1. The van der Waals surface area contributed by atoms with E-state index in [1.807, 2.05) is 0 Å². The van der Waals surface area contributed by atoms with Crippen LogP contribution in [0.5, 0.6) is 0 Å². The van der Waals surface area contributed by atoms with Gasteiger partial charge in [-0.1, -0.05) is 23.2 Å². The first kappa shape index (κ1) is 19.3. The topological polar surface area (TPSA) is 69.0 Å². The number of carbonyl (C=O) groups excluding carboxylic acids is 1. The average molecular weight is 409 g/mol. The minimum absolute atomic E-state index is 0.0310. The number of carbonyl (C=O) groups is 1. The van der Waals surface area contributed by atoms with Crippen LogP contribution in [0.3, 0.4) is 0 Å². The molecule has 0 bridgehead atoms. The third-order valence-corrected chi connectivity index (χ3v) is 4.39. The molecule has 1 amide bonds. The molecule has 9 heteroatoms. The van der Waals surface area contributed by atoms with Crippen molar-refractivity contribution in [1.29, 1.82) is 0 Å². The lowest BCUT2D eigenvalue weighted by atomic mass is 10.2. The molecular weight excluding hydrogens is 394 g/mol. The SMILES string of the molecule is COCCNC(=O)c1nc(-c2ccc(F)cc2)n(-c2ccc(Cl)c(Cl)c2)n1. The van der Waals surface area contributed by atoms with E-state index >= 15 is 0 Å². The lowest BCUT2D eigenvalue weighted by Gasteiger charge is -2.07. The average Bonchev–Trinajstić information content (AvgIpc) is 3.10. The Hall–Kier alpha value is -2.48. The van der Waals surface area contributed by atoms with E-state index in [1.165, 1.54) is 23.9 Å². The van der Waals surface area contributed by atoms with Gasteiger partial charge in [0.25, 0.3) is 5.91 Å². The predicted octanol–water partition coefficient (Wildman–Crippen LogP) is 3.76. The number of rotatable bonds is 6. The van der Waals surface area contributed by atoms with Gasteiger partial charge in [0.05, 0.1) is 22.3 Å². The summed E-state index contributed by atoms with van der Waals surface area (Å²) in [6, 6.07) is 10.7. The van der Waals surface area contributed by atoms with Crippen molar-refractivity contribution in [1.82, 2.24) is 20.1 Å². The summed E-state index contributed by atoms with van der Waals surface area (Å²) in [5.74, 6) is -0.493. The Morgan fingerprint density at radius 3 is 2.59 bits per heavy atom. The van der Waals surface area contributed by atoms with Crippen molar-refractivity contribution < 1.29 is 13.9 Å². The van der Waals surface area contributed by atoms with Crippen LogP contribution in [0.4, 0.5) is 4.39 Å². The van der Waals surface area contributed by atoms with Crippen LogP contribution in [-0.4, -0.2) is 40.9 Å². The Morgan fingerprint density at radius 2 is 1.93 bits per heavy atom. The normalized spacial score (nSPS) is 10.8. The summed E-state index contributed by atoms with van der Waals surface area (Å²) in [6.07, 6.45) is 0. The zero-order chi connectivity index (χ0) is 19.4. The van der Waals surface area contributed by atoms with Gasteiger partial charge in [0.2, 0.25) is 5.82 Å². The van der Waals surface area contributed by atoms with Gasteiger partial charge < -0.3 is 10.1 Å². The van der Waals surface area contributed by atoms with Crippen molar-refractivity contribution in [3.63, 3.8) is 0 Å². The van der Waals surface area contributed by atoms with Crippen LogP contribution in [0.2, 0.25) is 10.0 Å². The number of nitrogens with one attached hydrogen (secondary N) is 1. The Bertz CT molecular complexity index is 960. The van der Waals surface area contributed by atoms with E-state index in [1.54, 1.807) is 30.3 Å². The molecule has 1 aromatic heterocycles. The highest BCUT2D eigenvalue weighted by Gasteiger charge is 2.19. The van der Waals surface area contributed by atoms with Crippen LogP contribution in [0.1, 0.15) is 10.6 Å². The fourth-order valence-corrected chi connectivity index (χ4v) is 2.63. The zero-order valence-electron chi connectivity index (χ0n) is 14.2. The van der Waals surface area contributed by atoms with Gasteiger partial charge in [0, 0.05) is 19.2 Å². The van der Waals surface area contributed by atoms with Crippen molar-refractivity contribution in [2.24, 2.45) is 0 Å². The fraction of sp³-hybridized carbons (Fsp3) is 0.167. The molecule has 0 aliphatic heterocycles. The van der Waals surface area contributed by atoms with Crippen molar-refractivity contribution >= 4 is 29.1 Å². The molecule has 3 aromatic rings. The van der Waals surface area contributed by atoms with E-state index in [4.69, 9.17) is 27.9 Å². The molecule has 6 nitrogen and oxygen atoms in total. The van der Waals surface area contributed by atoms with Crippen molar-refractivity contribution in [3.05, 3.63) is 64.2 Å². The Morgan fingerprint density at radius 1 is 1.19 bits per heavy atom. The third-order valence-electron chi connectivity index (χ3n) is 3.65. The summed E-state index contributed by atoms with van der Waals surface area (Å²) in [6.45, 7) is 0.687. The van der Waals surface area contributed by atoms with Crippen molar-refractivity contribution in [2.75, 3.05) is 20.3 Å². The molecule has 0 spiro atoms. The molecule has 0 atom stereocenters. The van der Waals surface area contributed by atoms with Crippen LogP contribution in [0, 0.1) is 5.82 Å². The second-order valence-corrected chi connectivity index (χ2v) is 6.34. The first-order valence-corrected chi connectivity index (χ1v) is 8.70. The number of benzene rings is 2. The summed E-state index contributed by atoms with van der Waals surface area (Å²) < 4.78 is 19.6. The van der Waals surface area contributed by atoms with Gasteiger partial charge in [-0.05, 0) is 42.5 Å². The number of nitrogens with zero attached hydrogens (tertiary/aromatic N) is 3. The Kier molecular flexibility index (Phi) is 6.05. The number of halogens is 3. The van der Waals surface area contributed by atoms with Gasteiger partial charge >= 0.3 is 0 Å². The summed E-state index contributed by atoms with van der Waals surface area (Å²) in [7, 11) is 1.54. The highest BCUT2D eigenvalue weighted by molar-refractivity contribution is 6.42. The van der Waals surface area contributed by atoms with E-state index in [2.05, 4.69) is 15.4 Å². The second kappa shape index (κ2) is 8.47. The van der Waals surface area contributed by atoms with Crippen LogP contribution in [-0.2, 0) is 4.74 Å². The minimum atomic E-state index is -0.450. The molecule has 1 heterocycles. The Balaban J connectivity index is 2.04. The maximum absolute atomic E-state index is 13.3. The quantitative estimate of drug-likeness (QED) is 0.630. The molecule has 2 aromatic carbocycles. The molecule has 0 saturated carbocycles. The van der Waals surface area contributed by atoms with Crippen molar-refractivity contribution in [2.45, 2.75) is 0 Å². The zero-order valence-corrected chi connectivity index (χ0v) is 15.8. The molecule has 0 fully saturated rings. The van der Waals surface area contributed by atoms with Gasteiger partial charge in [0.1, 0.15) is 5.82 Å². The fourth-order valence-electron chi connectivity index (χ4n) is 2.34. The summed E-state index contributed by atoms with van der Waals surface area (Å²) in [5, 5.41) is 7.67. The lowest BCUT2D eigenvalue weighted by Crippen LogP contribution is -2.28. The predicted molar refractivity (Wildman–Crippen MR) is 101 cm³/mol. The first-order chi connectivity index (χ1) is 13.0. The smallest absolute Gasteiger partial charge is 0.291 e. The molecule has 0 unspecified atom stereocenters. The van der Waals surface area contributed by atoms with Crippen LogP contribution in [0.25, 0.3) is 17.1 Å². The molecule has 0 aliphatic carbocycles. The molecule has 140 valence electrons. The van der Waals surface area contributed by atoms with Crippen LogP contribution >= 0.6 is 23.2 Å². The number of methoxy groups -OCH3 is 1. The van der Waals surface area contributed by atoms with Crippen LogP contribution < -0.4 is 5.32 Å². The summed E-state index contributed by atoms with van der Waals surface area (Å²) in [4.78, 5) is 16.6. The number of hydrogen-bond donors (Lipinski definition) is 1. The molecule has 0 aliphatic rings. The van der Waals surface area contributed by atoms with E-state index in [9.17, 15) is 9.18 Å². The second-order valence-electron chi connectivity index (χ2n) is 5.52. The van der Waals surface area contributed by atoms with Gasteiger partial charge in [-0.25, -0.2) is 14.1 Å². The van der Waals surface area contributed by atoms with Gasteiger partial charge in [-0.3, -0.25) is 4.79 Å². The maximum Gasteiger partial charge on any atom is 0.291 e. The van der Waals surface area contributed by atoms with Crippen LogP contribution in [0.15, 0.2) is 42.5 Å². The third kappa shape index (κ3) is 4.44. The van der Waals surface area contributed by atoms with Gasteiger partial charge in [0.15, 0.2) is 5.82 Å². The van der Waals surface area contributed by atoms with E-state index in [-0.39, 0.29) is 11.6 Å². The number of aromatic nitrogens is 3. The monoisotopic (exact) mass is 408 g/mol. The molecular formula is C18H15Cl2FN4O2. The maximum atomic E-state index is 13.3.